The van der Waals surface area contributed by atoms with Crippen LogP contribution in [0.15, 0.2) is 85.1 Å². The maximum Gasteiger partial charge on any atom is 0.306 e. The average molecular weight is 905 g/mol. The summed E-state index contributed by atoms with van der Waals surface area (Å²) in [7, 11) is 0. The van der Waals surface area contributed by atoms with Crippen molar-refractivity contribution >= 4 is 17.9 Å². The van der Waals surface area contributed by atoms with E-state index in [4.69, 9.17) is 14.2 Å². The molecule has 0 aliphatic heterocycles. The van der Waals surface area contributed by atoms with Gasteiger partial charge in [0.2, 0.25) is 0 Å². The number of ether oxygens (including phenoxy) is 3. The fourth-order valence-electron chi connectivity index (χ4n) is 7.29. The van der Waals surface area contributed by atoms with Crippen molar-refractivity contribution in [2.75, 3.05) is 13.2 Å². The standard InChI is InChI=1S/C59H100O6/c1-4-7-10-13-16-19-22-24-26-28-29-31-32-34-37-40-43-46-49-52-58(61)64-55-56(54-63-57(60)51-48-45-42-39-36-21-18-15-12-9-6-3)65-59(62)53-50-47-44-41-38-35-33-30-27-25-23-20-17-14-11-8-5-2/h7,10,15-21,24-27,36,56H,4-6,8-9,11-14,22-23,28-35,37-55H2,1-3H3/b10-7-,18-15-,19-16-,20-17-,26-24-,27-25-,36-21-. The van der Waals surface area contributed by atoms with Crippen molar-refractivity contribution in [3.63, 3.8) is 0 Å². The molecule has 65 heavy (non-hydrogen) atoms. The number of rotatable bonds is 48. The Balaban J connectivity index is 4.38. The minimum atomic E-state index is -0.794. The van der Waals surface area contributed by atoms with E-state index < -0.39 is 6.10 Å². The van der Waals surface area contributed by atoms with Gasteiger partial charge in [-0.3, -0.25) is 14.4 Å². The third-order valence-electron chi connectivity index (χ3n) is 11.4. The second kappa shape index (κ2) is 53.2. The van der Waals surface area contributed by atoms with E-state index in [9.17, 15) is 14.4 Å². The number of unbranched alkanes of at least 4 members (excludes halogenated alkanes) is 24. The highest BCUT2D eigenvalue weighted by molar-refractivity contribution is 5.71. The van der Waals surface area contributed by atoms with Gasteiger partial charge in [0, 0.05) is 19.3 Å². The van der Waals surface area contributed by atoms with Gasteiger partial charge in [-0.2, -0.15) is 0 Å². The molecule has 0 N–H and O–H groups in total. The molecule has 0 fully saturated rings. The largest absolute Gasteiger partial charge is 0.462 e. The van der Waals surface area contributed by atoms with Crippen molar-refractivity contribution in [3.05, 3.63) is 85.1 Å². The van der Waals surface area contributed by atoms with E-state index >= 15 is 0 Å². The smallest absolute Gasteiger partial charge is 0.306 e. The monoisotopic (exact) mass is 905 g/mol. The van der Waals surface area contributed by atoms with E-state index in [1.165, 1.54) is 109 Å². The molecule has 1 atom stereocenters. The van der Waals surface area contributed by atoms with E-state index in [1.807, 2.05) is 0 Å². The Morgan fingerprint density at radius 2 is 0.662 bits per heavy atom. The molecule has 0 saturated carbocycles. The predicted molar refractivity (Wildman–Crippen MR) is 279 cm³/mol. The van der Waals surface area contributed by atoms with E-state index in [1.54, 1.807) is 0 Å². The Kier molecular flexibility index (Phi) is 50.4. The maximum absolute atomic E-state index is 12.8. The molecule has 0 aliphatic rings. The second-order valence-electron chi connectivity index (χ2n) is 17.8. The number of hydrogen-bond donors (Lipinski definition) is 0. The molecule has 0 aromatic carbocycles. The van der Waals surface area contributed by atoms with Crippen LogP contribution in [0.4, 0.5) is 0 Å². The van der Waals surface area contributed by atoms with Gasteiger partial charge in [-0.25, -0.2) is 0 Å². The van der Waals surface area contributed by atoms with Crippen LogP contribution in [0.1, 0.15) is 252 Å². The number of hydrogen-bond acceptors (Lipinski definition) is 6. The number of esters is 3. The van der Waals surface area contributed by atoms with Crippen molar-refractivity contribution in [2.45, 2.75) is 258 Å². The molecule has 0 spiro atoms. The van der Waals surface area contributed by atoms with E-state index in [0.717, 1.165) is 103 Å². The summed E-state index contributed by atoms with van der Waals surface area (Å²) in [6, 6.07) is 0. The zero-order valence-electron chi connectivity index (χ0n) is 42.5. The molecular weight excluding hydrogens is 805 g/mol. The Morgan fingerprint density at radius 1 is 0.338 bits per heavy atom. The van der Waals surface area contributed by atoms with Crippen molar-refractivity contribution in [1.82, 2.24) is 0 Å². The molecule has 6 nitrogen and oxygen atoms in total. The Labute approximate surface area is 401 Å². The molecule has 0 aromatic rings. The second-order valence-corrected chi connectivity index (χ2v) is 17.8. The molecule has 0 saturated heterocycles. The molecule has 0 aliphatic carbocycles. The van der Waals surface area contributed by atoms with E-state index in [2.05, 4.69) is 106 Å². The van der Waals surface area contributed by atoms with Crippen molar-refractivity contribution < 1.29 is 28.6 Å². The topological polar surface area (TPSA) is 78.9 Å². The van der Waals surface area contributed by atoms with Crippen LogP contribution in [0.2, 0.25) is 0 Å². The lowest BCUT2D eigenvalue weighted by Crippen LogP contribution is -2.30. The van der Waals surface area contributed by atoms with Crippen LogP contribution in [0, 0.1) is 0 Å². The minimum absolute atomic E-state index is 0.0915. The number of allylic oxidation sites excluding steroid dienone is 14. The zero-order chi connectivity index (χ0) is 47.2. The first-order valence-corrected chi connectivity index (χ1v) is 27.1. The highest BCUT2D eigenvalue weighted by atomic mass is 16.6. The number of carbonyl (C=O) groups is 3. The predicted octanol–water partition coefficient (Wildman–Crippen LogP) is 18.0. The lowest BCUT2D eigenvalue weighted by Gasteiger charge is -2.18. The lowest BCUT2D eigenvalue weighted by atomic mass is 10.1. The van der Waals surface area contributed by atoms with Gasteiger partial charge in [0.25, 0.3) is 0 Å². The van der Waals surface area contributed by atoms with Gasteiger partial charge < -0.3 is 14.2 Å². The number of carbonyl (C=O) groups excluding carboxylic acids is 3. The quantitative estimate of drug-likeness (QED) is 0.0199. The summed E-state index contributed by atoms with van der Waals surface area (Å²) in [5.41, 5.74) is 0. The van der Waals surface area contributed by atoms with Gasteiger partial charge in [0.15, 0.2) is 6.10 Å². The first kappa shape index (κ1) is 61.6. The van der Waals surface area contributed by atoms with E-state index in [0.29, 0.717) is 19.3 Å². The minimum Gasteiger partial charge on any atom is -0.462 e. The summed E-state index contributed by atoms with van der Waals surface area (Å²) < 4.78 is 16.8. The van der Waals surface area contributed by atoms with Gasteiger partial charge >= 0.3 is 17.9 Å². The van der Waals surface area contributed by atoms with Gasteiger partial charge in [-0.1, -0.05) is 215 Å². The van der Waals surface area contributed by atoms with Crippen LogP contribution in [-0.2, 0) is 28.6 Å². The Hall–Kier alpha value is -3.41. The third-order valence-corrected chi connectivity index (χ3v) is 11.4. The summed E-state index contributed by atoms with van der Waals surface area (Å²) >= 11 is 0. The molecule has 0 heterocycles. The van der Waals surface area contributed by atoms with Crippen LogP contribution in [0.25, 0.3) is 0 Å². The Morgan fingerprint density at radius 3 is 1.09 bits per heavy atom. The highest BCUT2D eigenvalue weighted by Crippen LogP contribution is 2.14. The molecule has 372 valence electrons. The summed E-state index contributed by atoms with van der Waals surface area (Å²) in [6.07, 6.45) is 68.5. The fraction of sp³-hybridized carbons (Fsp3) is 0.712. The van der Waals surface area contributed by atoms with Crippen LogP contribution in [-0.4, -0.2) is 37.2 Å². The van der Waals surface area contributed by atoms with Crippen molar-refractivity contribution in [2.24, 2.45) is 0 Å². The fourth-order valence-corrected chi connectivity index (χ4v) is 7.29. The summed E-state index contributed by atoms with van der Waals surface area (Å²) in [6.45, 7) is 6.42. The summed E-state index contributed by atoms with van der Waals surface area (Å²) in [4.78, 5) is 38.0. The van der Waals surface area contributed by atoms with Gasteiger partial charge in [0.05, 0.1) is 0 Å². The molecule has 0 aromatic heterocycles. The molecule has 0 rings (SSSR count). The van der Waals surface area contributed by atoms with Gasteiger partial charge in [-0.15, -0.1) is 0 Å². The maximum atomic E-state index is 12.8. The molecule has 0 amide bonds. The van der Waals surface area contributed by atoms with E-state index in [-0.39, 0.29) is 31.1 Å². The zero-order valence-corrected chi connectivity index (χ0v) is 42.5. The third kappa shape index (κ3) is 51.4. The van der Waals surface area contributed by atoms with Crippen LogP contribution < -0.4 is 0 Å². The normalized spacial score (nSPS) is 12.7. The molecule has 6 heteroatoms. The first-order valence-electron chi connectivity index (χ1n) is 27.1. The molecule has 0 bridgehead atoms. The Bertz CT molecular complexity index is 1270. The molecular formula is C59H100O6. The van der Waals surface area contributed by atoms with Crippen LogP contribution in [0.5, 0.6) is 0 Å². The van der Waals surface area contributed by atoms with Gasteiger partial charge in [0.1, 0.15) is 13.2 Å². The van der Waals surface area contributed by atoms with Gasteiger partial charge in [-0.05, 0) is 103 Å². The van der Waals surface area contributed by atoms with Crippen LogP contribution >= 0.6 is 0 Å². The molecule has 1 unspecified atom stereocenters. The average Bonchev–Trinajstić information content (AvgIpc) is 3.30. The lowest BCUT2D eigenvalue weighted by molar-refractivity contribution is -0.167. The highest BCUT2D eigenvalue weighted by Gasteiger charge is 2.19. The SMILES string of the molecule is CC/C=C\C/C=C\C/C=C\CCCCCCCCCCCC(=O)OCC(COC(=O)CCCCC/C=C\C=C/CCCC)OC(=O)CCCCCCCCC/C=C\C/C=C\CCCCC. The van der Waals surface area contributed by atoms with Crippen molar-refractivity contribution in [3.8, 4) is 0 Å². The first-order chi connectivity index (χ1) is 32.0. The van der Waals surface area contributed by atoms with Crippen molar-refractivity contribution in [1.29, 1.82) is 0 Å². The van der Waals surface area contributed by atoms with Crippen LogP contribution in [0.3, 0.4) is 0 Å². The summed E-state index contributed by atoms with van der Waals surface area (Å²) in [5, 5.41) is 0. The summed E-state index contributed by atoms with van der Waals surface area (Å²) in [5.74, 6) is -0.932. The molecule has 0 radical (unpaired) electrons.